The number of pyridine rings is 1. The number of ether oxygens (including phenoxy) is 1. The van der Waals surface area contributed by atoms with Gasteiger partial charge in [-0.15, -0.1) is 0 Å². The van der Waals surface area contributed by atoms with E-state index in [4.69, 9.17) is 10.5 Å². The van der Waals surface area contributed by atoms with Gasteiger partial charge in [-0.05, 0) is 25.0 Å². The standard InChI is InChI=1S/C17H19N3O/c1-11-3-5-13(6-4-11)7-8-21-15-9-12(2)16-17(20-15)14(18)10-19-16/h3-6,9-10,19H,7-8,18H2,1-2H3. The minimum atomic E-state index is 0.603. The Bertz CT molecular complexity index is 760. The lowest BCUT2D eigenvalue weighted by Crippen LogP contribution is -2.03. The number of H-pyrrole nitrogens is 1. The maximum Gasteiger partial charge on any atom is 0.214 e. The van der Waals surface area contributed by atoms with Gasteiger partial charge in [0.15, 0.2) is 0 Å². The summed E-state index contributed by atoms with van der Waals surface area (Å²) in [4.78, 5) is 7.59. The van der Waals surface area contributed by atoms with Crippen molar-refractivity contribution in [3.63, 3.8) is 0 Å². The number of aromatic nitrogens is 2. The summed E-state index contributed by atoms with van der Waals surface area (Å²) in [5.74, 6) is 0.624. The molecule has 0 saturated heterocycles. The van der Waals surface area contributed by atoms with Crippen molar-refractivity contribution < 1.29 is 4.74 Å². The summed E-state index contributed by atoms with van der Waals surface area (Å²) < 4.78 is 5.77. The fourth-order valence-corrected chi connectivity index (χ4v) is 2.35. The first-order chi connectivity index (χ1) is 10.1. The average Bonchev–Trinajstić information content (AvgIpc) is 2.83. The van der Waals surface area contributed by atoms with Crippen LogP contribution in [0.15, 0.2) is 36.5 Å². The number of nitrogens with zero attached hydrogens (tertiary/aromatic N) is 1. The van der Waals surface area contributed by atoms with Gasteiger partial charge in [-0.2, -0.15) is 0 Å². The molecule has 0 spiro atoms. The molecule has 21 heavy (non-hydrogen) atoms. The van der Waals surface area contributed by atoms with Gasteiger partial charge in [-0.25, -0.2) is 4.98 Å². The summed E-state index contributed by atoms with van der Waals surface area (Å²) in [6.45, 7) is 4.71. The number of nitrogen functional groups attached to an aromatic ring is 1. The maximum atomic E-state index is 5.90. The Morgan fingerprint density at radius 1 is 1.19 bits per heavy atom. The molecule has 3 aromatic rings. The minimum absolute atomic E-state index is 0.603. The third-order valence-electron chi connectivity index (χ3n) is 3.60. The van der Waals surface area contributed by atoms with Crippen molar-refractivity contribution in [2.75, 3.05) is 12.3 Å². The van der Waals surface area contributed by atoms with Crippen LogP contribution in [-0.2, 0) is 6.42 Å². The fourth-order valence-electron chi connectivity index (χ4n) is 2.35. The lowest BCUT2D eigenvalue weighted by atomic mass is 10.1. The molecule has 0 bridgehead atoms. The molecule has 0 fully saturated rings. The van der Waals surface area contributed by atoms with Gasteiger partial charge in [0.2, 0.25) is 5.88 Å². The van der Waals surface area contributed by atoms with Crippen LogP contribution >= 0.6 is 0 Å². The van der Waals surface area contributed by atoms with E-state index in [-0.39, 0.29) is 0 Å². The van der Waals surface area contributed by atoms with Crippen LogP contribution in [0.4, 0.5) is 5.69 Å². The van der Waals surface area contributed by atoms with Gasteiger partial charge in [0, 0.05) is 18.7 Å². The smallest absolute Gasteiger partial charge is 0.214 e. The summed E-state index contributed by atoms with van der Waals surface area (Å²) in [6, 6.07) is 10.4. The molecule has 0 aliphatic heterocycles. The summed E-state index contributed by atoms with van der Waals surface area (Å²) in [6.07, 6.45) is 2.63. The predicted octanol–water partition coefficient (Wildman–Crippen LogP) is 3.38. The Kier molecular flexibility index (Phi) is 3.52. The molecule has 2 aromatic heterocycles. The normalized spacial score (nSPS) is 11.0. The molecular weight excluding hydrogens is 262 g/mol. The van der Waals surface area contributed by atoms with Crippen LogP contribution in [0.1, 0.15) is 16.7 Å². The van der Waals surface area contributed by atoms with E-state index < -0.39 is 0 Å². The Labute approximate surface area is 124 Å². The monoisotopic (exact) mass is 281 g/mol. The van der Waals surface area contributed by atoms with Gasteiger partial charge in [-0.3, -0.25) is 0 Å². The number of nitrogens with two attached hydrogens (primary N) is 1. The van der Waals surface area contributed by atoms with Crippen LogP contribution < -0.4 is 10.5 Å². The van der Waals surface area contributed by atoms with Crippen molar-refractivity contribution in [1.82, 2.24) is 9.97 Å². The average molecular weight is 281 g/mol. The molecule has 108 valence electrons. The molecule has 1 aromatic carbocycles. The van der Waals surface area contributed by atoms with Crippen LogP contribution in [0.25, 0.3) is 11.0 Å². The SMILES string of the molecule is Cc1ccc(CCOc2cc(C)c3[nH]cc(N)c3n2)cc1. The van der Waals surface area contributed by atoms with E-state index in [1.807, 2.05) is 13.0 Å². The summed E-state index contributed by atoms with van der Waals surface area (Å²) >= 11 is 0. The number of hydrogen-bond acceptors (Lipinski definition) is 3. The number of hydrogen-bond donors (Lipinski definition) is 2. The predicted molar refractivity (Wildman–Crippen MR) is 85.6 cm³/mol. The molecule has 0 amide bonds. The molecule has 4 nitrogen and oxygen atoms in total. The van der Waals surface area contributed by atoms with E-state index in [9.17, 15) is 0 Å². The van der Waals surface area contributed by atoms with Gasteiger partial charge in [0.25, 0.3) is 0 Å². The largest absolute Gasteiger partial charge is 0.477 e. The zero-order valence-electron chi connectivity index (χ0n) is 12.3. The van der Waals surface area contributed by atoms with Gasteiger partial charge in [0.05, 0.1) is 17.8 Å². The summed E-state index contributed by atoms with van der Waals surface area (Å²) in [5.41, 5.74) is 11.9. The number of rotatable bonds is 4. The lowest BCUT2D eigenvalue weighted by Gasteiger charge is -2.07. The van der Waals surface area contributed by atoms with E-state index in [0.717, 1.165) is 23.0 Å². The molecule has 0 atom stereocenters. The second-order valence-electron chi connectivity index (χ2n) is 5.33. The molecular formula is C17H19N3O. The highest BCUT2D eigenvalue weighted by Gasteiger charge is 2.08. The van der Waals surface area contributed by atoms with Crippen LogP contribution in [-0.4, -0.2) is 16.6 Å². The highest BCUT2D eigenvalue weighted by atomic mass is 16.5. The first kappa shape index (κ1) is 13.5. The molecule has 2 heterocycles. The topological polar surface area (TPSA) is 63.9 Å². The van der Waals surface area contributed by atoms with Crippen molar-refractivity contribution in [2.45, 2.75) is 20.3 Å². The van der Waals surface area contributed by atoms with Crippen LogP contribution in [0.2, 0.25) is 0 Å². The van der Waals surface area contributed by atoms with E-state index in [1.165, 1.54) is 11.1 Å². The molecule has 0 aliphatic rings. The number of benzene rings is 1. The third-order valence-corrected chi connectivity index (χ3v) is 3.60. The molecule has 0 aliphatic carbocycles. The first-order valence-electron chi connectivity index (χ1n) is 7.06. The molecule has 0 radical (unpaired) electrons. The van der Waals surface area contributed by atoms with E-state index in [1.54, 1.807) is 6.20 Å². The van der Waals surface area contributed by atoms with Crippen LogP contribution in [0.5, 0.6) is 5.88 Å². The summed E-state index contributed by atoms with van der Waals surface area (Å²) in [5, 5.41) is 0. The fraction of sp³-hybridized carbons (Fsp3) is 0.235. The van der Waals surface area contributed by atoms with E-state index in [2.05, 4.69) is 41.2 Å². The second-order valence-corrected chi connectivity index (χ2v) is 5.33. The van der Waals surface area contributed by atoms with Crippen LogP contribution in [0, 0.1) is 13.8 Å². The molecule has 0 unspecified atom stereocenters. The third kappa shape index (κ3) is 2.84. The van der Waals surface area contributed by atoms with Crippen molar-refractivity contribution in [3.05, 3.63) is 53.2 Å². The Morgan fingerprint density at radius 3 is 2.71 bits per heavy atom. The van der Waals surface area contributed by atoms with Gasteiger partial charge in [0.1, 0.15) is 5.52 Å². The van der Waals surface area contributed by atoms with Crippen molar-refractivity contribution in [2.24, 2.45) is 0 Å². The van der Waals surface area contributed by atoms with E-state index >= 15 is 0 Å². The van der Waals surface area contributed by atoms with Crippen molar-refractivity contribution in [1.29, 1.82) is 0 Å². The quantitative estimate of drug-likeness (QED) is 0.770. The Hall–Kier alpha value is -2.49. The Balaban J connectivity index is 1.70. The van der Waals surface area contributed by atoms with Crippen molar-refractivity contribution in [3.8, 4) is 5.88 Å². The maximum absolute atomic E-state index is 5.90. The molecule has 4 heteroatoms. The van der Waals surface area contributed by atoms with E-state index in [0.29, 0.717) is 18.2 Å². The molecule has 0 saturated carbocycles. The number of fused-ring (bicyclic) bond motifs is 1. The summed E-state index contributed by atoms with van der Waals surface area (Å²) in [7, 11) is 0. The minimum Gasteiger partial charge on any atom is -0.477 e. The van der Waals surface area contributed by atoms with Gasteiger partial charge in [-0.1, -0.05) is 29.8 Å². The molecule has 3 rings (SSSR count). The number of nitrogens with one attached hydrogen (secondary N) is 1. The highest BCUT2D eigenvalue weighted by molar-refractivity contribution is 5.89. The highest BCUT2D eigenvalue weighted by Crippen LogP contribution is 2.24. The molecule has 3 N–H and O–H groups in total. The number of aromatic amines is 1. The lowest BCUT2D eigenvalue weighted by molar-refractivity contribution is 0.310. The van der Waals surface area contributed by atoms with Crippen molar-refractivity contribution >= 4 is 16.7 Å². The number of aryl methyl sites for hydroxylation is 2. The second kappa shape index (κ2) is 5.48. The van der Waals surface area contributed by atoms with Crippen LogP contribution in [0.3, 0.4) is 0 Å². The Morgan fingerprint density at radius 2 is 1.95 bits per heavy atom. The zero-order chi connectivity index (χ0) is 14.8. The number of anilines is 1. The zero-order valence-corrected chi connectivity index (χ0v) is 12.3. The first-order valence-corrected chi connectivity index (χ1v) is 7.06. The van der Waals surface area contributed by atoms with Gasteiger partial charge >= 0.3 is 0 Å². The van der Waals surface area contributed by atoms with Gasteiger partial charge < -0.3 is 15.5 Å².